The van der Waals surface area contributed by atoms with E-state index in [1.165, 1.54) is 30.3 Å². The van der Waals surface area contributed by atoms with Crippen LogP contribution in [-0.2, 0) is 12.0 Å². The predicted octanol–water partition coefficient (Wildman–Crippen LogP) is 4.38. The first-order valence-corrected chi connectivity index (χ1v) is 10.9. The topological polar surface area (TPSA) is 129 Å². The molecule has 0 radical (unpaired) electrons. The summed E-state index contributed by atoms with van der Waals surface area (Å²) in [6.07, 6.45) is -3.87. The molecule has 0 aliphatic heterocycles. The third-order valence-corrected chi connectivity index (χ3v) is 5.33. The number of imidazole rings is 1. The molecule has 1 atom stereocenters. The maximum atomic E-state index is 14.5. The molecule has 0 aliphatic carbocycles. The van der Waals surface area contributed by atoms with Crippen LogP contribution in [0.2, 0.25) is 0 Å². The number of nitrogens with zero attached hydrogens (tertiary/aromatic N) is 3. The van der Waals surface area contributed by atoms with Crippen LogP contribution in [0, 0.1) is 11.6 Å². The molecule has 0 saturated carbocycles. The van der Waals surface area contributed by atoms with E-state index in [0.717, 1.165) is 13.0 Å². The maximum absolute atomic E-state index is 14.5. The Morgan fingerprint density at radius 1 is 1.13 bits per heavy atom. The Morgan fingerprint density at radius 2 is 1.82 bits per heavy atom. The lowest BCUT2D eigenvalue weighted by Crippen LogP contribution is -2.26. The molecule has 13 heteroatoms. The van der Waals surface area contributed by atoms with Crippen molar-refractivity contribution in [2.75, 3.05) is 18.1 Å². The third kappa shape index (κ3) is 5.90. The van der Waals surface area contributed by atoms with Gasteiger partial charge in [0.25, 0.3) is 0 Å². The molecular weight excluding hydrogens is 513 g/mol. The molecule has 0 fully saturated rings. The number of halogens is 5. The number of hydrogen-bond donors (Lipinski definition) is 5. The van der Waals surface area contributed by atoms with E-state index in [9.17, 15) is 32.2 Å². The molecule has 4 aromatic rings. The van der Waals surface area contributed by atoms with Crippen LogP contribution in [0.5, 0.6) is 0 Å². The van der Waals surface area contributed by atoms with Crippen molar-refractivity contribution in [2.24, 2.45) is 0 Å². The van der Waals surface area contributed by atoms with Gasteiger partial charge in [0.15, 0.2) is 5.82 Å². The van der Waals surface area contributed by atoms with Crippen molar-refractivity contribution in [1.82, 2.24) is 14.4 Å². The van der Waals surface area contributed by atoms with Gasteiger partial charge in [0, 0.05) is 18.3 Å². The van der Waals surface area contributed by atoms with Gasteiger partial charge in [-0.1, -0.05) is 18.2 Å². The molecule has 0 saturated heterocycles. The number of benzene rings is 2. The van der Waals surface area contributed by atoms with E-state index in [-0.39, 0.29) is 28.4 Å². The van der Waals surface area contributed by atoms with Crippen LogP contribution >= 0.6 is 0 Å². The average Bonchev–Trinajstić information content (AvgIpc) is 3.25. The molecular formula is C25H24F5N5O3. The second-order valence-electron chi connectivity index (χ2n) is 8.20. The monoisotopic (exact) mass is 537 g/mol. The Hall–Kier alpha value is -4.07. The van der Waals surface area contributed by atoms with Crippen molar-refractivity contribution < 1.29 is 37.3 Å². The molecule has 0 aliphatic rings. The molecule has 202 valence electrons. The van der Waals surface area contributed by atoms with Crippen LogP contribution in [0.4, 0.5) is 33.5 Å². The molecule has 6 N–H and O–H groups in total. The number of aliphatic hydroxyl groups excluding tert-OH is 1. The Balaban J connectivity index is 0.000000304. The van der Waals surface area contributed by atoms with Gasteiger partial charge in [0.05, 0.1) is 12.3 Å². The van der Waals surface area contributed by atoms with Gasteiger partial charge < -0.3 is 26.4 Å². The van der Waals surface area contributed by atoms with Crippen molar-refractivity contribution in [1.29, 1.82) is 0 Å². The zero-order valence-electron chi connectivity index (χ0n) is 20.1. The number of nitrogens with one attached hydrogen (secondary N) is 1. The molecule has 8 nitrogen and oxygen atoms in total. The van der Waals surface area contributed by atoms with Crippen molar-refractivity contribution in [3.8, 4) is 11.3 Å². The minimum absolute atomic E-state index is 0.171. The SMILES string of the molecule is C=CC(O)c1cccc(F)c1.CNc1ccc(-c2nc(C(C)(O)O)n3c(C(F)(F)F)cnc(N)c23)c(F)c1. The number of nitrogen functional groups attached to an aromatic ring is 1. The smallest absolute Gasteiger partial charge is 0.388 e. The zero-order chi connectivity index (χ0) is 28.4. The highest BCUT2D eigenvalue weighted by Gasteiger charge is 2.39. The second-order valence-corrected chi connectivity index (χ2v) is 8.20. The number of hydrogen-bond acceptors (Lipinski definition) is 7. The van der Waals surface area contributed by atoms with Crippen LogP contribution in [-0.4, -0.2) is 36.7 Å². The summed E-state index contributed by atoms with van der Waals surface area (Å²) in [4.78, 5) is 7.38. The van der Waals surface area contributed by atoms with E-state index >= 15 is 0 Å². The van der Waals surface area contributed by atoms with Crippen LogP contribution in [0.25, 0.3) is 16.8 Å². The summed E-state index contributed by atoms with van der Waals surface area (Å²) < 4.78 is 67.8. The van der Waals surface area contributed by atoms with Gasteiger partial charge in [-0.2, -0.15) is 13.2 Å². The lowest BCUT2D eigenvalue weighted by atomic mass is 10.1. The Bertz CT molecular complexity index is 1460. The van der Waals surface area contributed by atoms with Crippen molar-refractivity contribution >= 4 is 17.0 Å². The van der Waals surface area contributed by atoms with E-state index in [1.54, 1.807) is 19.2 Å². The fourth-order valence-corrected chi connectivity index (χ4v) is 3.54. The normalized spacial score (nSPS) is 12.6. The van der Waals surface area contributed by atoms with Gasteiger partial charge in [-0.25, -0.2) is 18.7 Å². The number of alkyl halides is 3. The van der Waals surface area contributed by atoms with Gasteiger partial charge in [-0.15, -0.1) is 6.58 Å². The predicted molar refractivity (Wildman–Crippen MR) is 131 cm³/mol. The largest absolute Gasteiger partial charge is 0.433 e. The molecule has 4 rings (SSSR count). The van der Waals surface area contributed by atoms with Crippen molar-refractivity contribution in [3.63, 3.8) is 0 Å². The molecule has 2 aromatic carbocycles. The van der Waals surface area contributed by atoms with Crippen molar-refractivity contribution in [3.05, 3.63) is 90.0 Å². The number of aromatic nitrogens is 3. The molecule has 38 heavy (non-hydrogen) atoms. The number of aliphatic hydroxyl groups is 3. The number of nitrogens with two attached hydrogens (primary N) is 1. The number of rotatable bonds is 5. The summed E-state index contributed by atoms with van der Waals surface area (Å²) in [6, 6.07) is 9.71. The van der Waals surface area contributed by atoms with E-state index < -0.39 is 35.4 Å². The van der Waals surface area contributed by atoms with E-state index in [1.807, 2.05) is 0 Å². The van der Waals surface area contributed by atoms with Gasteiger partial charge >= 0.3 is 6.18 Å². The first-order valence-electron chi connectivity index (χ1n) is 10.9. The molecule has 2 heterocycles. The Labute approximate surface area is 213 Å². The average molecular weight is 537 g/mol. The van der Waals surface area contributed by atoms with Gasteiger partial charge in [0.1, 0.15) is 34.4 Å². The highest BCUT2D eigenvalue weighted by molar-refractivity contribution is 5.86. The summed E-state index contributed by atoms with van der Waals surface area (Å²) >= 11 is 0. The van der Waals surface area contributed by atoms with E-state index in [4.69, 9.17) is 10.8 Å². The number of fused-ring (bicyclic) bond motifs is 1. The third-order valence-electron chi connectivity index (χ3n) is 5.33. The van der Waals surface area contributed by atoms with Gasteiger partial charge in [-0.05, 0) is 42.8 Å². The first-order chi connectivity index (χ1) is 17.7. The van der Waals surface area contributed by atoms with Crippen molar-refractivity contribution in [2.45, 2.75) is 25.0 Å². The first kappa shape index (κ1) is 28.5. The lowest BCUT2D eigenvalue weighted by Gasteiger charge is -2.17. The van der Waals surface area contributed by atoms with Crippen LogP contribution < -0.4 is 11.1 Å². The van der Waals surface area contributed by atoms with Crippen LogP contribution in [0.15, 0.2) is 61.3 Å². The summed E-state index contributed by atoms with van der Waals surface area (Å²) in [6.45, 7) is 4.23. The Morgan fingerprint density at radius 3 is 2.34 bits per heavy atom. The molecule has 2 aromatic heterocycles. The lowest BCUT2D eigenvalue weighted by molar-refractivity contribution is -0.163. The van der Waals surface area contributed by atoms with Gasteiger partial charge in [-0.3, -0.25) is 4.40 Å². The minimum atomic E-state index is -4.90. The molecule has 0 amide bonds. The summed E-state index contributed by atoms with van der Waals surface area (Å²) in [5.74, 6) is -5.04. The van der Waals surface area contributed by atoms with E-state index in [0.29, 0.717) is 21.8 Å². The van der Waals surface area contributed by atoms with E-state index in [2.05, 4.69) is 21.9 Å². The summed E-state index contributed by atoms with van der Waals surface area (Å²) in [7, 11) is 1.57. The fourth-order valence-electron chi connectivity index (χ4n) is 3.54. The molecule has 0 spiro atoms. The van der Waals surface area contributed by atoms with Crippen LogP contribution in [0.1, 0.15) is 30.1 Å². The number of anilines is 2. The molecule has 0 bridgehead atoms. The van der Waals surface area contributed by atoms with Gasteiger partial charge in [0.2, 0.25) is 5.79 Å². The summed E-state index contributed by atoms with van der Waals surface area (Å²) in [5.41, 5.74) is 4.50. The second kappa shape index (κ2) is 10.7. The quantitative estimate of drug-likeness (QED) is 0.145. The van der Waals surface area contributed by atoms with Crippen LogP contribution in [0.3, 0.4) is 0 Å². The molecule has 1 unspecified atom stereocenters. The standard InChI is InChI=1S/C16H15F4N5O2.C9H9FO/c1-15(26,27)14-24-11(8-4-3-7(22-2)5-9(8)17)12-13(21)23-6-10(25(12)14)16(18,19)20;1-2-9(11)7-4-3-5-8(10)6-7/h3-6,22,26-27H,1-2H3,(H2,21,23);2-6,9,11H,1H2. The highest BCUT2D eigenvalue weighted by atomic mass is 19.4. The zero-order valence-corrected chi connectivity index (χ0v) is 20.1. The minimum Gasteiger partial charge on any atom is -0.388 e. The maximum Gasteiger partial charge on any atom is 0.433 e. The Kier molecular flexibility index (Phi) is 8.05. The summed E-state index contributed by atoms with van der Waals surface area (Å²) in [5, 5.41) is 31.7. The highest BCUT2D eigenvalue weighted by Crippen LogP contribution is 2.38. The fraction of sp³-hybridized carbons (Fsp3) is 0.200.